The first kappa shape index (κ1) is 18.1. The van der Waals surface area contributed by atoms with E-state index in [1.54, 1.807) is 6.07 Å². The highest BCUT2D eigenvalue weighted by molar-refractivity contribution is 5.92. The van der Waals surface area contributed by atoms with E-state index in [4.69, 9.17) is 5.73 Å². The number of likely N-dealkylation sites (tertiary alicyclic amines) is 2. The molecule has 25 heavy (non-hydrogen) atoms. The van der Waals surface area contributed by atoms with Gasteiger partial charge in [-0.05, 0) is 63.1 Å². The summed E-state index contributed by atoms with van der Waals surface area (Å²) in [6.45, 7) is 11.7. The molecule has 2 N–H and O–H groups in total. The lowest BCUT2D eigenvalue weighted by Gasteiger charge is -2.35. The second kappa shape index (κ2) is 7.68. The highest BCUT2D eigenvalue weighted by atomic mass is 16.2. The fourth-order valence-corrected chi connectivity index (χ4v) is 4.34. The summed E-state index contributed by atoms with van der Waals surface area (Å²) in [7, 11) is 0. The fraction of sp³-hybridized carbons (Fsp3) is 0.737. The standard InChI is InChI=1S/C19H31N5O/c1-13(2)11-23-7-4-15(5-8-23)16-6-9-24(12-16)18(25)17-10-14(3)21-19(20)22-17/h10,13,15-16H,4-9,11-12H2,1-3H3,(H2,20,21,22). The Kier molecular flexibility index (Phi) is 5.57. The summed E-state index contributed by atoms with van der Waals surface area (Å²) in [5, 5.41) is 0. The summed E-state index contributed by atoms with van der Waals surface area (Å²) < 4.78 is 0. The first-order valence-corrected chi connectivity index (χ1v) is 9.55. The van der Waals surface area contributed by atoms with E-state index in [1.807, 2.05) is 11.8 Å². The maximum absolute atomic E-state index is 12.7. The van der Waals surface area contributed by atoms with E-state index in [0.717, 1.165) is 37.0 Å². The zero-order valence-corrected chi connectivity index (χ0v) is 15.7. The first-order valence-electron chi connectivity index (χ1n) is 9.55. The summed E-state index contributed by atoms with van der Waals surface area (Å²) in [6, 6.07) is 1.73. The predicted molar refractivity (Wildman–Crippen MR) is 99.2 cm³/mol. The Morgan fingerprint density at radius 2 is 1.88 bits per heavy atom. The number of amides is 1. The number of aryl methyl sites for hydroxylation is 1. The smallest absolute Gasteiger partial charge is 0.272 e. The third-order valence-corrected chi connectivity index (χ3v) is 5.52. The van der Waals surface area contributed by atoms with Crippen molar-refractivity contribution in [2.75, 3.05) is 38.5 Å². The lowest BCUT2D eigenvalue weighted by molar-refractivity contribution is 0.0766. The average molecular weight is 345 g/mol. The van der Waals surface area contributed by atoms with Gasteiger partial charge in [-0.1, -0.05) is 13.8 Å². The highest BCUT2D eigenvalue weighted by Crippen LogP contribution is 2.32. The Balaban J connectivity index is 1.54. The molecule has 1 unspecified atom stereocenters. The fourth-order valence-electron chi connectivity index (χ4n) is 4.34. The van der Waals surface area contributed by atoms with Crippen LogP contribution >= 0.6 is 0 Å². The number of carbonyl (C=O) groups is 1. The van der Waals surface area contributed by atoms with Gasteiger partial charge in [-0.3, -0.25) is 4.79 Å². The van der Waals surface area contributed by atoms with Crippen molar-refractivity contribution in [3.05, 3.63) is 17.5 Å². The molecule has 3 heterocycles. The minimum Gasteiger partial charge on any atom is -0.368 e. The Hall–Kier alpha value is -1.69. The van der Waals surface area contributed by atoms with Gasteiger partial charge in [0.15, 0.2) is 0 Å². The number of piperidine rings is 1. The number of nitrogen functional groups attached to an aromatic ring is 1. The van der Waals surface area contributed by atoms with Crippen LogP contribution in [-0.4, -0.2) is 58.4 Å². The zero-order valence-electron chi connectivity index (χ0n) is 15.7. The summed E-state index contributed by atoms with van der Waals surface area (Å²) in [5.74, 6) is 2.29. The molecule has 6 heteroatoms. The van der Waals surface area contributed by atoms with Gasteiger partial charge in [-0.15, -0.1) is 0 Å². The second-order valence-corrected chi connectivity index (χ2v) is 8.08. The zero-order chi connectivity index (χ0) is 18.0. The van der Waals surface area contributed by atoms with Crippen LogP contribution in [0.4, 0.5) is 5.95 Å². The Labute approximate surface area is 150 Å². The molecular formula is C19H31N5O. The molecule has 0 bridgehead atoms. The van der Waals surface area contributed by atoms with Gasteiger partial charge in [0.2, 0.25) is 5.95 Å². The van der Waals surface area contributed by atoms with Crippen molar-refractivity contribution in [2.24, 2.45) is 17.8 Å². The molecule has 138 valence electrons. The average Bonchev–Trinajstić information content (AvgIpc) is 3.03. The van der Waals surface area contributed by atoms with Gasteiger partial charge >= 0.3 is 0 Å². The number of nitrogens with two attached hydrogens (primary N) is 1. The van der Waals surface area contributed by atoms with Crippen molar-refractivity contribution >= 4 is 11.9 Å². The lowest BCUT2D eigenvalue weighted by Crippen LogP contribution is -2.39. The van der Waals surface area contributed by atoms with Gasteiger partial charge < -0.3 is 15.5 Å². The Morgan fingerprint density at radius 1 is 1.20 bits per heavy atom. The van der Waals surface area contributed by atoms with Gasteiger partial charge in [0.25, 0.3) is 5.91 Å². The molecule has 2 aliphatic rings. The van der Waals surface area contributed by atoms with Gasteiger partial charge in [-0.25, -0.2) is 9.97 Å². The van der Waals surface area contributed by atoms with E-state index in [0.29, 0.717) is 11.6 Å². The number of hydrogen-bond acceptors (Lipinski definition) is 5. The number of hydrogen-bond donors (Lipinski definition) is 1. The van der Waals surface area contributed by atoms with E-state index < -0.39 is 0 Å². The molecule has 0 spiro atoms. The van der Waals surface area contributed by atoms with Crippen LogP contribution < -0.4 is 5.73 Å². The molecule has 1 amide bonds. The summed E-state index contributed by atoms with van der Waals surface area (Å²) in [4.78, 5) is 25.4. The van der Waals surface area contributed by atoms with Gasteiger partial charge in [0, 0.05) is 25.3 Å². The number of aromatic nitrogens is 2. The third kappa shape index (κ3) is 4.48. The molecular weight excluding hydrogens is 314 g/mol. The minimum absolute atomic E-state index is 0.00283. The van der Waals surface area contributed by atoms with Crippen molar-refractivity contribution in [1.82, 2.24) is 19.8 Å². The SMILES string of the molecule is Cc1cc(C(=O)N2CCC(C3CCN(CC(C)C)CC3)C2)nc(N)n1. The molecule has 1 aromatic heterocycles. The molecule has 6 nitrogen and oxygen atoms in total. The molecule has 2 saturated heterocycles. The predicted octanol–water partition coefficient (Wildman–Crippen LogP) is 2.20. The molecule has 0 saturated carbocycles. The lowest BCUT2D eigenvalue weighted by atomic mass is 9.83. The number of carbonyl (C=O) groups excluding carboxylic acids is 1. The van der Waals surface area contributed by atoms with Crippen LogP contribution in [0.5, 0.6) is 0 Å². The molecule has 0 aromatic carbocycles. The van der Waals surface area contributed by atoms with Gasteiger partial charge in [0.05, 0.1) is 0 Å². The monoisotopic (exact) mass is 345 g/mol. The normalized spacial score (nSPS) is 22.7. The van der Waals surface area contributed by atoms with Gasteiger partial charge in [0.1, 0.15) is 5.69 Å². The maximum Gasteiger partial charge on any atom is 0.272 e. The molecule has 2 fully saturated rings. The quantitative estimate of drug-likeness (QED) is 0.905. The van der Waals surface area contributed by atoms with Crippen molar-refractivity contribution in [3.63, 3.8) is 0 Å². The molecule has 1 atom stereocenters. The van der Waals surface area contributed by atoms with E-state index in [9.17, 15) is 4.79 Å². The van der Waals surface area contributed by atoms with Crippen LogP contribution in [0.2, 0.25) is 0 Å². The number of rotatable bonds is 4. The topological polar surface area (TPSA) is 75.4 Å². The molecule has 1 aromatic rings. The van der Waals surface area contributed by atoms with E-state index in [-0.39, 0.29) is 11.9 Å². The van der Waals surface area contributed by atoms with Crippen LogP contribution in [0.1, 0.15) is 49.3 Å². The molecule has 2 aliphatic heterocycles. The molecule has 0 radical (unpaired) electrons. The maximum atomic E-state index is 12.7. The summed E-state index contributed by atoms with van der Waals surface area (Å²) >= 11 is 0. The highest BCUT2D eigenvalue weighted by Gasteiger charge is 2.34. The van der Waals surface area contributed by atoms with Gasteiger partial charge in [-0.2, -0.15) is 0 Å². The van der Waals surface area contributed by atoms with Crippen molar-refractivity contribution < 1.29 is 4.79 Å². The summed E-state index contributed by atoms with van der Waals surface area (Å²) in [5.41, 5.74) is 6.86. The van der Waals surface area contributed by atoms with E-state index in [1.165, 1.54) is 32.5 Å². The summed E-state index contributed by atoms with van der Waals surface area (Å²) in [6.07, 6.45) is 3.64. The van der Waals surface area contributed by atoms with Crippen LogP contribution in [-0.2, 0) is 0 Å². The molecule has 3 rings (SSSR count). The Morgan fingerprint density at radius 3 is 2.52 bits per heavy atom. The van der Waals surface area contributed by atoms with Crippen molar-refractivity contribution in [2.45, 2.75) is 40.0 Å². The van der Waals surface area contributed by atoms with Crippen LogP contribution in [0.3, 0.4) is 0 Å². The van der Waals surface area contributed by atoms with Crippen LogP contribution in [0, 0.1) is 24.7 Å². The van der Waals surface area contributed by atoms with E-state index in [2.05, 4.69) is 28.7 Å². The van der Waals surface area contributed by atoms with Crippen LogP contribution in [0.25, 0.3) is 0 Å². The number of anilines is 1. The molecule has 0 aliphatic carbocycles. The Bertz CT molecular complexity index is 590. The first-order chi connectivity index (χ1) is 11.9. The van der Waals surface area contributed by atoms with Crippen LogP contribution in [0.15, 0.2) is 6.07 Å². The second-order valence-electron chi connectivity index (χ2n) is 8.08. The van der Waals surface area contributed by atoms with Crippen molar-refractivity contribution in [1.29, 1.82) is 0 Å². The minimum atomic E-state index is -0.00283. The van der Waals surface area contributed by atoms with E-state index >= 15 is 0 Å². The number of nitrogens with zero attached hydrogens (tertiary/aromatic N) is 4. The third-order valence-electron chi connectivity index (χ3n) is 5.52. The van der Waals surface area contributed by atoms with Crippen molar-refractivity contribution in [3.8, 4) is 0 Å². The largest absolute Gasteiger partial charge is 0.368 e.